The third-order valence-electron chi connectivity index (χ3n) is 15.7. The Morgan fingerprint density at radius 3 is 1.32 bits per heavy atom. The van der Waals surface area contributed by atoms with Gasteiger partial charge >= 0.3 is 5.97 Å². The van der Waals surface area contributed by atoms with Gasteiger partial charge in [-0.25, -0.2) is 4.79 Å². The van der Waals surface area contributed by atoms with Crippen molar-refractivity contribution in [3.05, 3.63) is 70.2 Å². The van der Waals surface area contributed by atoms with Crippen molar-refractivity contribution < 1.29 is 36.4 Å². The van der Waals surface area contributed by atoms with Crippen molar-refractivity contribution in [2.45, 2.75) is 213 Å². The van der Waals surface area contributed by atoms with E-state index >= 15 is 0 Å². The lowest BCUT2D eigenvalue weighted by molar-refractivity contribution is -0.0187. The lowest BCUT2D eigenvalue weighted by Crippen LogP contribution is -2.47. The molecule has 0 saturated heterocycles. The molecule has 0 N–H and O–H groups in total. The van der Waals surface area contributed by atoms with Crippen molar-refractivity contribution in [1.82, 2.24) is 0 Å². The zero-order chi connectivity index (χ0) is 50.8. The smallest absolute Gasteiger partial charge is 0.338 e. The number of hydrogen-bond donors (Lipinski definition) is 0. The molecule has 0 radical (unpaired) electrons. The third-order valence-corrected chi connectivity index (χ3v) is 37.7. The van der Waals surface area contributed by atoms with Crippen LogP contribution in [0.4, 0.5) is 0 Å². The van der Waals surface area contributed by atoms with E-state index in [2.05, 4.69) is 181 Å². The van der Waals surface area contributed by atoms with E-state index in [9.17, 15) is 4.79 Å². The first-order valence-electron chi connectivity index (χ1n) is 23.8. The molecule has 1 aliphatic rings. The van der Waals surface area contributed by atoms with E-state index < -0.39 is 59.8 Å². The fourth-order valence-corrected chi connectivity index (χ4v) is 11.1. The highest BCUT2D eigenvalue weighted by atomic mass is 35.5. The van der Waals surface area contributed by atoms with Gasteiger partial charge in [0, 0.05) is 34.7 Å². The van der Waals surface area contributed by atoms with E-state index in [0.717, 1.165) is 11.1 Å². The van der Waals surface area contributed by atoms with Crippen molar-refractivity contribution in [1.29, 1.82) is 0 Å². The van der Waals surface area contributed by atoms with Crippen molar-refractivity contribution in [3.63, 3.8) is 0 Å². The Hall–Kier alpha value is -2.70. The van der Waals surface area contributed by atoms with Crippen LogP contribution in [0.25, 0.3) is 0 Å². The Labute approximate surface area is 411 Å². The summed E-state index contributed by atoms with van der Waals surface area (Å²) in [7, 11) is -12.2. The largest absolute Gasteiger partial charge is 0.543 e. The van der Waals surface area contributed by atoms with Gasteiger partial charge in [-0.15, -0.1) is 0 Å². The highest BCUT2D eigenvalue weighted by Gasteiger charge is 2.48. The molecule has 3 aromatic carbocycles. The highest BCUT2D eigenvalue weighted by molar-refractivity contribution is 6.77. The normalized spacial score (nSPS) is 17.1. The summed E-state index contributed by atoms with van der Waals surface area (Å²) in [5.41, 5.74) is 1.98. The minimum atomic E-state index is -2.50. The molecule has 1 aliphatic heterocycles. The molecule has 0 bridgehead atoms. The molecule has 0 fully saturated rings. The van der Waals surface area contributed by atoms with Crippen molar-refractivity contribution in [3.8, 4) is 34.5 Å². The van der Waals surface area contributed by atoms with Crippen molar-refractivity contribution in [2.24, 2.45) is 0 Å². The maximum Gasteiger partial charge on any atom is 0.338 e. The summed E-state index contributed by atoms with van der Waals surface area (Å²) in [5.74, 6) is 3.41. The van der Waals surface area contributed by atoms with E-state index in [1.807, 2.05) is 12.1 Å². The van der Waals surface area contributed by atoms with Crippen LogP contribution in [0, 0.1) is 0 Å². The molecule has 0 spiro atoms. The average molecular weight is 1020 g/mol. The number of rotatable bonds is 13. The first-order chi connectivity index (χ1) is 29.4. The lowest BCUT2D eigenvalue weighted by Gasteiger charge is -2.42. The number of carbonyl (C=O) groups is 1. The molecule has 0 aliphatic carbocycles. The van der Waals surface area contributed by atoms with E-state index in [1.165, 1.54) is 0 Å². The molecule has 8 nitrogen and oxygen atoms in total. The summed E-state index contributed by atoms with van der Waals surface area (Å²) < 4.78 is 50.3. The molecule has 0 unspecified atom stereocenters. The fourth-order valence-electron chi connectivity index (χ4n) is 5.90. The standard InChI is InChI=1S/C52H87ClO8Si5/c1-48(2,3)62(16,17)57-38-32-40-39(41(33-38)58-63(18,19)49(4,5)6)34-42(56-47(54)35-26-28-37(53)29-27-35)45(55-40)36-30-43(59-64(20,21)50(7,8)9)46(61-66(24,25)52(13,14)15)44(31-36)60-65(22,23)51(10,11)12/h26-33,42,45H,34H2,1-25H3/t42-,45-/m1/s1. The summed E-state index contributed by atoms with van der Waals surface area (Å²) in [6, 6.07) is 14.9. The second kappa shape index (κ2) is 18.6. The topological polar surface area (TPSA) is 81.7 Å². The first kappa shape index (κ1) is 55.9. The van der Waals surface area contributed by atoms with Crippen LogP contribution in [0.2, 0.25) is 95.7 Å². The van der Waals surface area contributed by atoms with Crippen LogP contribution >= 0.6 is 11.6 Å². The number of ether oxygens (including phenoxy) is 2. The van der Waals surface area contributed by atoms with E-state index in [4.69, 9.17) is 43.2 Å². The zero-order valence-corrected chi connectivity index (χ0v) is 51.4. The van der Waals surface area contributed by atoms with Gasteiger partial charge in [-0.2, -0.15) is 0 Å². The molecule has 370 valence electrons. The Kier molecular flexibility index (Phi) is 15.7. The van der Waals surface area contributed by atoms with Crippen LogP contribution in [0.15, 0.2) is 48.5 Å². The minimum Gasteiger partial charge on any atom is -0.543 e. The molecule has 0 aromatic heterocycles. The van der Waals surface area contributed by atoms with Gasteiger partial charge in [0.2, 0.25) is 16.6 Å². The second-order valence-corrected chi connectivity index (χ2v) is 50.3. The first-order valence-corrected chi connectivity index (χ1v) is 38.7. The Morgan fingerprint density at radius 1 is 0.530 bits per heavy atom. The van der Waals surface area contributed by atoms with Gasteiger partial charge in [0.25, 0.3) is 25.0 Å². The summed E-state index contributed by atoms with van der Waals surface area (Å²) in [5, 5.41) is 0.0176. The Balaban J connectivity index is 2.14. The summed E-state index contributed by atoms with van der Waals surface area (Å²) in [4.78, 5) is 14.3. The molecule has 0 amide bonds. The number of carbonyl (C=O) groups excluding carboxylic acids is 1. The molecular formula is C52H87ClO8Si5. The predicted molar refractivity (Wildman–Crippen MR) is 290 cm³/mol. The van der Waals surface area contributed by atoms with Crippen LogP contribution in [-0.4, -0.2) is 53.7 Å². The van der Waals surface area contributed by atoms with Gasteiger partial charge in [0.1, 0.15) is 34.9 Å². The monoisotopic (exact) mass is 1010 g/mol. The molecule has 2 atom stereocenters. The van der Waals surface area contributed by atoms with E-state index in [0.29, 0.717) is 51.5 Å². The summed E-state index contributed by atoms with van der Waals surface area (Å²) >= 11 is 6.29. The molecule has 1 heterocycles. The highest BCUT2D eigenvalue weighted by Crippen LogP contribution is 2.53. The zero-order valence-electron chi connectivity index (χ0n) is 45.6. The van der Waals surface area contributed by atoms with Crippen LogP contribution in [0.3, 0.4) is 0 Å². The number of benzene rings is 3. The quantitative estimate of drug-likeness (QED) is 0.124. The SMILES string of the molecule is CC(C)(C)[Si](C)(C)Oc1cc2c(c(O[Si](C)(C)C(C)(C)C)c1)C[C@@H](OC(=O)c1ccc(Cl)cc1)[C@@H](c1cc(O[Si](C)(C)C(C)(C)C)c(O[Si](C)(C)C(C)(C)C)c(O[Si](C)(C)C(C)(C)C)c1)O2. The summed E-state index contributed by atoms with van der Waals surface area (Å²) in [6.07, 6.45) is -1.26. The maximum atomic E-state index is 14.3. The van der Waals surface area contributed by atoms with Crippen LogP contribution in [0.1, 0.15) is 131 Å². The Bertz CT molecular complexity index is 2170. The summed E-state index contributed by atoms with van der Waals surface area (Å²) in [6.45, 7) is 56.1. The van der Waals surface area contributed by atoms with Crippen LogP contribution in [0.5, 0.6) is 34.5 Å². The number of halogens is 1. The average Bonchev–Trinajstić information content (AvgIpc) is 3.10. The van der Waals surface area contributed by atoms with Crippen LogP contribution < -0.4 is 26.9 Å². The van der Waals surface area contributed by atoms with E-state index in [-0.39, 0.29) is 25.2 Å². The molecular weight excluding hydrogens is 928 g/mol. The molecule has 3 aromatic rings. The minimum absolute atomic E-state index is 0.0525. The van der Waals surface area contributed by atoms with Gasteiger partial charge < -0.3 is 31.6 Å². The van der Waals surface area contributed by atoms with E-state index in [1.54, 1.807) is 24.3 Å². The number of hydrogen-bond acceptors (Lipinski definition) is 8. The molecule has 66 heavy (non-hydrogen) atoms. The van der Waals surface area contributed by atoms with Gasteiger partial charge in [-0.05, 0) is 127 Å². The van der Waals surface area contributed by atoms with Crippen molar-refractivity contribution in [2.75, 3.05) is 0 Å². The van der Waals surface area contributed by atoms with Gasteiger partial charge in [0.15, 0.2) is 11.9 Å². The Morgan fingerprint density at radius 2 is 0.909 bits per heavy atom. The lowest BCUT2D eigenvalue weighted by atomic mass is 9.93. The van der Waals surface area contributed by atoms with Gasteiger partial charge in [-0.1, -0.05) is 115 Å². The third kappa shape index (κ3) is 12.5. The molecule has 14 heteroatoms. The second-order valence-electron chi connectivity index (χ2n) is 26.2. The predicted octanol–water partition coefficient (Wildman–Crippen LogP) is 17.2. The fraction of sp³-hybridized carbons (Fsp3) is 0.635. The van der Waals surface area contributed by atoms with Crippen molar-refractivity contribution >= 4 is 59.2 Å². The molecule has 4 rings (SSSR count). The molecule has 0 saturated carbocycles. The van der Waals surface area contributed by atoms with Crippen LogP contribution in [-0.2, 0) is 11.2 Å². The number of fused-ring (bicyclic) bond motifs is 1. The maximum absolute atomic E-state index is 14.3. The number of esters is 1. The van der Waals surface area contributed by atoms with Gasteiger partial charge in [0.05, 0.1) is 5.56 Å². The van der Waals surface area contributed by atoms with Gasteiger partial charge in [-0.3, -0.25) is 0 Å².